The molecule has 1 fully saturated rings. The van der Waals surface area contributed by atoms with E-state index < -0.39 is 0 Å². The van der Waals surface area contributed by atoms with Crippen molar-refractivity contribution in [2.24, 2.45) is 0 Å². The summed E-state index contributed by atoms with van der Waals surface area (Å²) < 4.78 is 0. The van der Waals surface area contributed by atoms with Crippen LogP contribution in [0.3, 0.4) is 0 Å². The predicted molar refractivity (Wildman–Crippen MR) is 85.2 cm³/mol. The van der Waals surface area contributed by atoms with Crippen LogP contribution in [-0.2, 0) is 6.54 Å². The summed E-state index contributed by atoms with van der Waals surface area (Å²) in [6.45, 7) is 6.38. The zero-order chi connectivity index (χ0) is 13.8. The minimum absolute atomic E-state index is 0.861. The van der Waals surface area contributed by atoms with Gasteiger partial charge in [-0.2, -0.15) is 0 Å². The molecule has 1 aliphatic rings. The third kappa shape index (κ3) is 2.78. The lowest BCUT2D eigenvalue weighted by molar-refractivity contribution is 0.664. The maximum atomic E-state index is 4.92. The topological polar surface area (TPSA) is 28.2 Å². The van der Waals surface area contributed by atoms with Crippen LogP contribution in [-0.4, -0.2) is 24.6 Å². The molecular formula is C17H23N3. The van der Waals surface area contributed by atoms with Gasteiger partial charge in [0, 0.05) is 25.0 Å². The first-order valence-electron chi connectivity index (χ1n) is 7.73. The lowest BCUT2D eigenvalue weighted by atomic mass is 10.1. The maximum Gasteiger partial charge on any atom is 0.136 e. The summed E-state index contributed by atoms with van der Waals surface area (Å²) >= 11 is 0. The number of pyridine rings is 1. The van der Waals surface area contributed by atoms with Gasteiger partial charge in [-0.15, -0.1) is 0 Å². The van der Waals surface area contributed by atoms with E-state index in [1.165, 1.54) is 29.4 Å². The minimum Gasteiger partial charge on any atom is -0.356 e. The van der Waals surface area contributed by atoms with Gasteiger partial charge in [0.2, 0.25) is 0 Å². The number of nitrogens with zero attached hydrogens (tertiary/aromatic N) is 2. The Morgan fingerprint density at radius 3 is 2.80 bits per heavy atom. The fraction of sp³-hybridized carbons (Fsp3) is 0.471. The molecule has 0 bridgehead atoms. The molecule has 2 heterocycles. The first kappa shape index (κ1) is 13.4. The molecule has 3 rings (SSSR count). The molecule has 20 heavy (non-hydrogen) atoms. The van der Waals surface area contributed by atoms with Gasteiger partial charge in [-0.1, -0.05) is 31.2 Å². The van der Waals surface area contributed by atoms with Crippen LogP contribution in [0.5, 0.6) is 0 Å². The van der Waals surface area contributed by atoms with Gasteiger partial charge < -0.3 is 10.2 Å². The Bertz CT molecular complexity index is 573. The average molecular weight is 269 g/mol. The lowest BCUT2D eigenvalue weighted by Crippen LogP contribution is -2.21. The summed E-state index contributed by atoms with van der Waals surface area (Å²) in [4.78, 5) is 7.35. The van der Waals surface area contributed by atoms with E-state index in [-0.39, 0.29) is 0 Å². The Balaban J connectivity index is 1.96. The van der Waals surface area contributed by atoms with Crippen LogP contribution in [0.25, 0.3) is 10.8 Å². The van der Waals surface area contributed by atoms with Crippen LogP contribution >= 0.6 is 0 Å². The van der Waals surface area contributed by atoms with Crippen molar-refractivity contribution in [3.8, 4) is 0 Å². The molecule has 1 saturated heterocycles. The third-order valence-electron chi connectivity index (χ3n) is 3.91. The van der Waals surface area contributed by atoms with Gasteiger partial charge in [0.05, 0.1) is 5.69 Å². The summed E-state index contributed by atoms with van der Waals surface area (Å²) in [5.74, 6) is 1.17. The highest BCUT2D eigenvalue weighted by atomic mass is 15.2. The molecule has 2 aromatic rings. The van der Waals surface area contributed by atoms with Gasteiger partial charge >= 0.3 is 0 Å². The average Bonchev–Trinajstić information content (AvgIpc) is 3.01. The molecule has 1 aromatic heterocycles. The van der Waals surface area contributed by atoms with E-state index in [2.05, 4.69) is 47.5 Å². The molecular weight excluding hydrogens is 246 g/mol. The Hall–Kier alpha value is -1.61. The number of nitrogens with one attached hydrogen (secondary N) is 1. The van der Waals surface area contributed by atoms with E-state index in [0.717, 1.165) is 38.3 Å². The molecule has 0 unspecified atom stereocenters. The second-order valence-corrected chi connectivity index (χ2v) is 5.53. The van der Waals surface area contributed by atoms with Crippen molar-refractivity contribution in [2.75, 3.05) is 24.5 Å². The van der Waals surface area contributed by atoms with E-state index in [0.29, 0.717) is 0 Å². The molecule has 0 aliphatic carbocycles. The highest BCUT2D eigenvalue weighted by Crippen LogP contribution is 2.28. The first-order chi connectivity index (χ1) is 9.88. The van der Waals surface area contributed by atoms with Crippen molar-refractivity contribution >= 4 is 16.6 Å². The van der Waals surface area contributed by atoms with E-state index >= 15 is 0 Å². The molecule has 1 aliphatic heterocycles. The van der Waals surface area contributed by atoms with Crippen LogP contribution in [0.15, 0.2) is 30.3 Å². The van der Waals surface area contributed by atoms with Crippen LogP contribution < -0.4 is 10.2 Å². The molecule has 0 radical (unpaired) electrons. The second-order valence-electron chi connectivity index (χ2n) is 5.53. The first-order valence-corrected chi connectivity index (χ1v) is 7.73. The van der Waals surface area contributed by atoms with Crippen molar-refractivity contribution < 1.29 is 0 Å². The molecule has 106 valence electrons. The molecule has 1 N–H and O–H groups in total. The smallest absolute Gasteiger partial charge is 0.136 e. The predicted octanol–water partition coefficient (Wildman–Crippen LogP) is 3.33. The van der Waals surface area contributed by atoms with Crippen LogP contribution in [0.1, 0.15) is 31.9 Å². The summed E-state index contributed by atoms with van der Waals surface area (Å²) in [6, 6.07) is 10.8. The molecule has 0 saturated carbocycles. The standard InChI is InChI=1S/C17H23N3/c1-2-9-18-13-15-12-14-7-3-4-8-16(14)17(19-15)20-10-5-6-11-20/h3-4,7-8,12,18H,2,5-6,9-11,13H2,1H3. The van der Waals surface area contributed by atoms with Gasteiger partial charge in [-0.25, -0.2) is 4.98 Å². The Labute approximate surface area is 121 Å². The monoisotopic (exact) mass is 269 g/mol. The number of benzene rings is 1. The fourth-order valence-corrected chi connectivity index (χ4v) is 2.89. The molecule has 3 nitrogen and oxygen atoms in total. The van der Waals surface area contributed by atoms with Gasteiger partial charge in [0.15, 0.2) is 0 Å². The quantitative estimate of drug-likeness (QED) is 0.844. The summed E-state index contributed by atoms with van der Waals surface area (Å²) in [5, 5.41) is 6.04. The second kappa shape index (κ2) is 6.23. The van der Waals surface area contributed by atoms with E-state index in [1.54, 1.807) is 0 Å². The highest BCUT2D eigenvalue weighted by molar-refractivity contribution is 5.92. The summed E-state index contributed by atoms with van der Waals surface area (Å²) in [7, 11) is 0. The van der Waals surface area contributed by atoms with Gasteiger partial charge in [0.1, 0.15) is 5.82 Å². The maximum absolute atomic E-state index is 4.92. The van der Waals surface area contributed by atoms with Gasteiger partial charge in [0.25, 0.3) is 0 Å². The van der Waals surface area contributed by atoms with Gasteiger partial charge in [-0.05, 0) is 37.3 Å². The number of fused-ring (bicyclic) bond motifs is 1. The Morgan fingerprint density at radius 1 is 1.20 bits per heavy atom. The molecule has 1 aromatic carbocycles. The van der Waals surface area contributed by atoms with E-state index in [4.69, 9.17) is 4.98 Å². The number of hydrogen-bond donors (Lipinski definition) is 1. The molecule has 3 heteroatoms. The zero-order valence-corrected chi connectivity index (χ0v) is 12.2. The van der Waals surface area contributed by atoms with E-state index in [1.807, 2.05) is 0 Å². The molecule has 0 amide bonds. The summed E-state index contributed by atoms with van der Waals surface area (Å²) in [5.41, 5.74) is 1.15. The van der Waals surface area contributed by atoms with Crippen molar-refractivity contribution in [1.82, 2.24) is 10.3 Å². The SMILES string of the molecule is CCCNCc1cc2ccccc2c(N2CCCC2)n1. The van der Waals surface area contributed by atoms with Crippen molar-refractivity contribution in [2.45, 2.75) is 32.7 Å². The molecule has 0 spiro atoms. The van der Waals surface area contributed by atoms with Gasteiger partial charge in [-0.3, -0.25) is 0 Å². The summed E-state index contributed by atoms with van der Waals surface area (Å²) in [6.07, 6.45) is 3.73. The highest BCUT2D eigenvalue weighted by Gasteiger charge is 2.17. The van der Waals surface area contributed by atoms with E-state index in [9.17, 15) is 0 Å². The normalized spacial score (nSPS) is 15.2. The van der Waals surface area contributed by atoms with Crippen molar-refractivity contribution in [3.63, 3.8) is 0 Å². The van der Waals surface area contributed by atoms with Crippen LogP contribution in [0.2, 0.25) is 0 Å². The number of aromatic nitrogens is 1. The van der Waals surface area contributed by atoms with Crippen molar-refractivity contribution in [1.29, 1.82) is 0 Å². The number of rotatable bonds is 5. The lowest BCUT2D eigenvalue weighted by Gasteiger charge is -2.20. The Morgan fingerprint density at radius 2 is 2.00 bits per heavy atom. The van der Waals surface area contributed by atoms with Crippen LogP contribution in [0, 0.1) is 0 Å². The Kier molecular flexibility index (Phi) is 4.16. The third-order valence-corrected chi connectivity index (χ3v) is 3.91. The van der Waals surface area contributed by atoms with Crippen LogP contribution in [0.4, 0.5) is 5.82 Å². The van der Waals surface area contributed by atoms with Crippen molar-refractivity contribution in [3.05, 3.63) is 36.0 Å². The number of anilines is 1. The number of hydrogen-bond acceptors (Lipinski definition) is 3. The largest absolute Gasteiger partial charge is 0.356 e. The molecule has 0 atom stereocenters. The minimum atomic E-state index is 0.861. The fourth-order valence-electron chi connectivity index (χ4n) is 2.89. The zero-order valence-electron chi connectivity index (χ0n) is 12.2.